The molecule has 1 heterocycles. The SMILES string of the molecule is CCCC1=C(C(=O)OCC)[C@H](c2ccc(C)c(OC)c2)NC(=S)N1. The molecule has 2 N–H and O–H groups in total. The molecule has 1 atom stereocenters. The smallest absolute Gasteiger partial charge is 0.338 e. The van der Waals surface area contributed by atoms with Crippen LogP contribution in [0.1, 0.15) is 43.9 Å². The van der Waals surface area contributed by atoms with Crippen molar-refractivity contribution in [3.05, 3.63) is 40.6 Å². The summed E-state index contributed by atoms with van der Waals surface area (Å²) in [4.78, 5) is 12.6. The van der Waals surface area contributed by atoms with E-state index >= 15 is 0 Å². The van der Waals surface area contributed by atoms with Gasteiger partial charge in [0.15, 0.2) is 5.11 Å². The Morgan fingerprint density at radius 1 is 1.33 bits per heavy atom. The number of nitrogens with one attached hydrogen (secondary N) is 2. The number of hydrogen-bond donors (Lipinski definition) is 2. The highest BCUT2D eigenvalue weighted by Crippen LogP contribution is 2.32. The molecule has 1 aromatic rings. The highest BCUT2D eigenvalue weighted by atomic mass is 32.1. The van der Waals surface area contributed by atoms with E-state index in [0.29, 0.717) is 17.3 Å². The first-order chi connectivity index (χ1) is 11.5. The lowest BCUT2D eigenvalue weighted by atomic mass is 9.93. The number of methoxy groups -OCH3 is 1. The van der Waals surface area contributed by atoms with Crippen molar-refractivity contribution in [1.82, 2.24) is 10.6 Å². The van der Waals surface area contributed by atoms with E-state index in [2.05, 4.69) is 17.6 Å². The van der Waals surface area contributed by atoms with Crippen molar-refractivity contribution < 1.29 is 14.3 Å². The van der Waals surface area contributed by atoms with E-state index in [1.54, 1.807) is 14.0 Å². The highest BCUT2D eigenvalue weighted by Gasteiger charge is 2.32. The number of esters is 1. The van der Waals surface area contributed by atoms with Crippen molar-refractivity contribution >= 4 is 23.3 Å². The summed E-state index contributed by atoms with van der Waals surface area (Å²) in [6.45, 7) is 6.17. The van der Waals surface area contributed by atoms with E-state index in [0.717, 1.165) is 35.4 Å². The molecule has 1 aliphatic heterocycles. The molecule has 1 aromatic carbocycles. The molecule has 130 valence electrons. The van der Waals surface area contributed by atoms with Gasteiger partial charge in [0.25, 0.3) is 0 Å². The zero-order chi connectivity index (χ0) is 17.7. The Morgan fingerprint density at radius 3 is 2.71 bits per heavy atom. The van der Waals surface area contributed by atoms with Crippen LogP contribution in [0.25, 0.3) is 0 Å². The standard InChI is InChI=1S/C18H24N2O3S/c1-5-7-13-15(17(21)23-6-2)16(20-18(24)19-13)12-9-8-11(3)14(10-12)22-4/h8-10,16H,5-7H2,1-4H3,(H2,19,20,24)/t16-/m0/s1. The number of ether oxygens (including phenoxy) is 2. The minimum Gasteiger partial charge on any atom is -0.496 e. The van der Waals surface area contributed by atoms with Crippen LogP contribution in [-0.2, 0) is 9.53 Å². The number of benzene rings is 1. The van der Waals surface area contributed by atoms with Gasteiger partial charge in [0.1, 0.15) is 5.75 Å². The molecule has 0 fully saturated rings. The van der Waals surface area contributed by atoms with Crippen molar-refractivity contribution in [2.45, 2.75) is 39.7 Å². The molecule has 0 radical (unpaired) electrons. The Hall–Kier alpha value is -2.08. The fraction of sp³-hybridized carbons (Fsp3) is 0.444. The first kappa shape index (κ1) is 18.3. The van der Waals surface area contributed by atoms with Crippen LogP contribution in [-0.4, -0.2) is 24.8 Å². The summed E-state index contributed by atoms with van der Waals surface area (Å²) >= 11 is 5.33. The van der Waals surface area contributed by atoms with Crippen LogP contribution < -0.4 is 15.4 Å². The average molecular weight is 348 g/mol. The Balaban J connectivity index is 2.53. The van der Waals surface area contributed by atoms with Gasteiger partial charge in [0, 0.05) is 5.70 Å². The van der Waals surface area contributed by atoms with Gasteiger partial charge in [0.05, 0.1) is 25.3 Å². The predicted molar refractivity (Wildman–Crippen MR) is 97.9 cm³/mol. The monoisotopic (exact) mass is 348 g/mol. The molecule has 1 aliphatic rings. The lowest BCUT2D eigenvalue weighted by molar-refractivity contribution is -0.139. The van der Waals surface area contributed by atoms with Crippen LogP contribution in [0.2, 0.25) is 0 Å². The second-order valence-corrected chi connectivity index (χ2v) is 6.03. The minimum absolute atomic E-state index is 0.326. The van der Waals surface area contributed by atoms with Gasteiger partial charge in [-0.1, -0.05) is 25.5 Å². The molecule has 6 heteroatoms. The van der Waals surface area contributed by atoms with Crippen LogP contribution in [0.4, 0.5) is 0 Å². The Morgan fingerprint density at radius 2 is 2.08 bits per heavy atom. The second-order valence-electron chi connectivity index (χ2n) is 5.62. The molecule has 0 amide bonds. The topological polar surface area (TPSA) is 59.6 Å². The van der Waals surface area contributed by atoms with E-state index in [1.165, 1.54) is 0 Å². The van der Waals surface area contributed by atoms with Crippen LogP contribution in [0.3, 0.4) is 0 Å². The van der Waals surface area contributed by atoms with E-state index in [9.17, 15) is 4.79 Å². The number of thiocarbonyl (C=S) groups is 1. The van der Waals surface area contributed by atoms with Gasteiger partial charge in [-0.3, -0.25) is 0 Å². The molecule has 0 aromatic heterocycles. The quantitative estimate of drug-likeness (QED) is 0.608. The summed E-state index contributed by atoms with van der Waals surface area (Å²) in [5.41, 5.74) is 3.36. The molecule has 0 aliphatic carbocycles. The van der Waals surface area contributed by atoms with Crippen molar-refractivity contribution in [3.8, 4) is 5.75 Å². The van der Waals surface area contributed by atoms with Crippen molar-refractivity contribution in [2.24, 2.45) is 0 Å². The maximum absolute atomic E-state index is 12.6. The molecule has 5 nitrogen and oxygen atoms in total. The van der Waals surface area contributed by atoms with E-state index in [1.807, 2.05) is 25.1 Å². The molecule has 0 spiro atoms. The summed E-state index contributed by atoms with van der Waals surface area (Å²) in [6, 6.07) is 5.54. The van der Waals surface area contributed by atoms with Crippen LogP contribution in [0.15, 0.2) is 29.5 Å². The maximum Gasteiger partial charge on any atom is 0.338 e. The lowest BCUT2D eigenvalue weighted by Crippen LogP contribution is -2.45. The highest BCUT2D eigenvalue weighted by molar-refractivity contribution is 7.80. The van der Waals surface area contributed by atoms with Crippen LogP contribution in [0, 0.1) is 6.92 Å². The van der Waals surface area contributed by atoms with Gasteiger partial charge in [-0.25, -0.2) is 4.79 Å². The van der Waals surface area contributed by atoms with Crippen molar-refractivity contribution in [1.29, 1.82) is 0 Å². The molecular weight excluding hydrogens is 324 g/mol. The molecule has 0 unspecified atom stereocenters. The summed E-state index contributed by atoms with van der Waals surface area (Å²) in [6.07, 6.45) is 1.63. The molecule has 0 saturated heterocycles. The van der Waals surface area contributed by atoms with Crippen LogP contribution >= 0.6 is 12.2 Å². The number of aryl methyl sites for hydroxylation is 1. The summed E-state index contributed by atoms with van der Waals surface area (Å²) in [5.74, 6) is 0.451. The normalized spacial score (nSPS) is 17.2. The molecule has 24 heavy (non-hydrogen) atoms. The van der Waals surface area contributed by atoms with E-state index in [4.69, 9.17) is 21.7 Å². The molecular formula is C18H24N2O3S. The summed E-state index contributed by atoms with van der Waals surface area (Å²) < 4.78 is 10.7. The average Bonchev–Trinajstić information content (AvgIpc) is 2.55. The number of allylic oxidation sites excluding steroid dienone is 1. The van der Waals surface area contributed by atoms with Crippen molar-refractivity contribution in [2.75, 3.05) is 13.7 Å². The van der Waals surface area contributed by atoms with Gasteiger partial charge in [-0.15, -0.1) is 0 Å². The first-order valence-electron chi connectivity index (χ1n) is 8.14. The third-order valence-electron chi connectivity index (χ3n) is 3.91. The Labute approximate surface area is 148 Å². The summed E-state index contributed by atoms with van der Waals surface area (Å²) in [7, 11) is 1.64. The van der Waals surface area contributed by atoms with E-state index < -0.39 is 0 Å². The van der Waals surface area contributed by atoms with Gasteiger partial charge >= 0.3 is 5.97 Å². The molecule has 0 bridgehead atoms. The Bertz CT molecular complexity index is 670. The fourth-order valence-electron chi connectivity index (χ4n) is 2.78. The van der Waals surface area contributed by atoms with E-state index in [-0.39, 0.29) is 12.0 Å². The third-order valence-corrected chi connectivity index (χ3v) is 4.13. The fourth-order valence-corrected chi connectivity index (χ4v) is 3.02. The largest absolute Gasteiger partial charge is 0.496 e. The number of rotatable bonds is 6. The molecule has 2 rings (SSSR count). The number of hydrogen-bond acceptors (Lipinski definition) is 4. The van der Waals surface area contributed by atoms with Gasteiger partial charge in [-0.05, 0) is 49.7 Å². The third kappa shape index (κ3) is 3.87. The maximum atomic E-state index is 12.6. The van der Waals surface area contributed by atoms with Gasteiger partial charge in [-0.2, -0.15) is 0 Å². The number of carbonyl (C=O) groups excluding carboxylic acids is 1. The Kier molecular flexibility index (Phi) is 6.20. The second kappa shape index (κ2) is 8.15. The number of carbonyl (C=O) groups is 1. The van der Waals surface area contributed by atoms with Gasteiger partial charge in [0.2, 0.25) is 0 Å². The zero-order valence-corrected chi connectivity index (χ0v) is 15.4. The molecule has 0 saturated carbocycles. The minimum atomic E-state index is -0.353. The first-order valence-corrected chi connectivity index (χ1v) is 8.54. The van der Waals surface area contributed by atoms with Gasteiger partial charge < -0.3 is 20.1 Å². The van der Waals surface area contributed by atoms with Crippen LogP contribution in [0.5, 0.6) is 5.75 Å². The predicted octanol–water partition coefficient (Wildman–Crippen LogP) is 3.14. The lowest BCUT2D eigenvalue weighted by Gasteiger charge is -2.31. The summed E-state index contributed by atoms with van der Waals surface area (Å²) in [5, 5.41) is 6.81. The zero-order valence-electron chi connectivity index (χ0n) is 14.6. The van der Waals surface area contributed by atoms with Crippen molar-refractivity contribution in [3.63, 3.8) is 0 Å².